The molecule has 1 fully saturated rings. The van der Waals surface area contributed by atoms with E-state index in [2.05, 4.69) is 32.9 Å². The van der Waals surface area contributed by atoms with Crippen LogP contribution in [-0.4, -0.2) is 12.1 Å². The summed E-state index contributed by atoms with van der Waals surface area (Å²) in [7, 11) is 0. The predicted octanol–water partition coefficient (Wildman–Crippen LogP) is 6.14. The number of hydrogen-bond donors (Lipinski definition) is 0. The highest BCUT2D eigenvalue weighted by Gasteiger charge is 2.16. The van der Waals surface area contributed by atoms with Gasteiger partial charge in [0.05, 0.1) is 0 Å². The van der Waals surface area contributed by atoms with Gasteiger partial charge in [-0.25, -0.2) is 4.79 Å². The van der Waals surface area contributed by atoms with Crippen molar-refractivity contribution >= 4 is 5.97 Å². The van der Waals surface area contributed by atoms with E-state index in [1.165, 1.54) is 31.3 Å². The van der Waals surface area contributed by atoms with Gasteiger partial charge in [-0.3, -0.25) is 0 Å². The number of hydrogen-bond acceptors (Lipinski definition) is 2. The molecule has 0 radical (unpaired) electrons. The van der Waals surface area contributed by atoms with E-state index in [-0.39, 0.29) is 12.1 Å². The van der Waals surface area contributed by atoms with Gasteiger partial charge < -0.3 is 4.74 Å². The van der Waals surface area contributed by atoms with Crippen LogP contribution in [0.3, 0.4) is 0 Å². The second-order valence-electron chi connectivity index (χ2n) is 7.19. The first-order valence-electron chi connectivity index (χ1n) is 9.16. The van der Waals surface area contributed by atoms with E-state index in [9.17, 15) is 4.79 Å². The summed E-state index contributed by atoms with van der Waals surface area (Å²) in [6, 6.07) is 0. The molecule has 1 saturated carbocycles. The molecule has 1 aliphatic rings. The zero-order valence-electron chi connectivity index (χ0n) is 15.4. The molecule has 1 unspecified atom stereocenters. The quantitative estimate of drug-likeness (QED) is 0.233. The van der Waals surface area contributed by atoms with Crippen LogP contribution in [0.2, 0.25) is 0 Å². The first kappa shape index (κ1) is 19.7. The lowest BCUT2D eigenvalue weighted by Crippen LogP contribution is -2.19. The van der Waals surface area contributed by atoms with E-state index >= 15 is 0 Å². The third-order valence-electron chi connectivity index (χ3n) is 4.31. The molecule has 2 nitrogen and oxygen atoms in total. The van der Waals surface area contributed by atoms with Gasteiger partial charge in [0.15, 0.2) is 0 Å². The average molecular weight is 319 g/mol. The van der Waals surface area contributed by atoms with Gasteiger partial charge in [0.1, 0.15) is 6.10 Å². The predicted molar refractivity (Wildman–Crippen MR) is 98.3 cm³/mol. The molecule has 0 N–H and O–H groups in total. The molecule has 1 aliphatic carbocycles. The maximum absolute atomic E-state index is 11.9. The number of carbonyl (C=O) groups excluding carboxylic acids is 1. The molecule has 0 spiro atoms. The summed E-state index contributed by atoms with van der Waals surface area (Å²) in [5, 5.41) is 0. The Morgan fingerprint density at radius 1 is 1.17 bits per heavy atom. The van der Waals surface area contributed by atoms with Crippen molar-refractivity contribution in [1.29, 1.82) is 0 Å². The topological polar surface area (TPSA) is 26.3 Å². The van der Waals surface area contributed by atoms with Crippen LogP contribution in [0.15, 0.2) is 35.5 Å². The molecule has 0 aromatic carbocycles. The summed E-state index contributed by atoms with van der Waals surface area (Å²) in [5.74, 6) is 0.486. The van der Waals surface area contributed by atoms with E-state index in [4.69, 9.17) is 4.74 Å². The highest BCUT2D eigenvalue weighted by Crippen LogP contribution is 2.20. The third kappa shape index (κ3) is 10.1. The van der Waals surface area contributed by atoms with Gasteiger partial charge >= 0.3 is 5.97 Å². The van der Waals surface area contributed by atoms with Crippen molar-refractivity contribution < 1.29 is 9.53 Å². The van der Waals surface area contributed by atoms with Gasteiger partial charge in [-0.1, -0.05) is 37.1 Å². The van der Waals surface area contributed by atoms with Crippen molar-refractivity contribution in [2.75, 3.05) is 0 Å². The van der Waals surface area contributed by atoms with Crippen LogP contribution in [0.25, 0.3) is 0 Å². The summed E-state index contributed by atoms with van der Waals surface area (Å²) in [4.78, 5) is 11.9. The van der Waals surface area contributed by atoms with Gasteiger partial charge in [0.2, 0.25) is 0 Å². The Balaban J connectivity index is 2.28. The first-order valence-corrected chi connectivity index (χ1v) is 9.16. The minimum atomic E-state index is -0.185. The lowest BCUT2D eigenvalue weighted by atomic mass is 9.98. The van der Waals surface area contributed by atoms with Gasteiger partial charge in [-0.05, 0) is 77.2 Å². The zero-order chi connectivity index (χ0) is 17.1. The van der Waals surface area contributed by atoms with Crippen molar-refractivity contribution in [1.82, 2.24) is 0 Å². The van der Waals surface area contributed by atoms with E-state index in [0.29, 0.717) is 5.92 Å². The van der Waals surface area contributed by atoms with Crippen molar-refractivity contribution in [2.24, 2.45) is 5.92 Å². The van der Waals surface area contributed by atoms with E-state index in [0.717, 1.165) is 31.3 Å². The van der Waals surface area contributed by atoms with Crippen LogP contribution < -0.4 is 0 Å². The van der Waals surface area contributed by atoms with Gasteiger partial charge in [0, 0.05) is 6.08 Å². The highest BCUT2D eigenvalue weighted by atomic mass is 16.5. The minimum absolute atomic E-state index is 0.138. The molecule has 0 saturated heterocycles. The number of allylic oxidation sites excluding steroid dienone is 5. The van der Waals surface area contributed by atoms with Crippen molar-refractivity contribution in [3.05, 3.63) is 35.5 Å². The van der Waals surface area contributed by atoms with Crippen LogP contribution in [0, 0.1) is 5.92 Å². The number of rotatable bonds is 8. The lowest BCUT2D eigenvalue weighted by Gasteiger charge is -2.21. The molecule has 0 heterocycles. The molecule has 0 bridgehead atoms. The lowest BCUT2D eigenvalue weighted by molar-refractivity contribution is -0.144. The molecule has 1 atom stereocenters. The molecule has 0 aliphatic heterocycles. The zero-order valence-corrected chi connectivity index (χ0v) is 15.4. The maximum atomic E-state index is 11.9. The standard InChI is InChI=1S/C21H34O2/c1-17(2)10-8-11-18(3)12-9-13-19(4)16-21(22)23-20-14-6-5-7-15-20/h9-10,13,16,18,20H,5-8,11-12,14-15H2,1-4H3. The Kier molecular flexibility index (Phi) is 9.66. The van der Waals surface area contributed by atoms with Crippen molar-refractivity contribution in [2.45, 2.75) is 85.2 Å². The second-order valence-corrected chi connectivity index (χ2v) is 7.19. The number of carbonyl (C=O) groups is 1. The van der Waals surface area contributed by atoms with Crippen LogP contribution in [0.4, 0.5) is 0 Å². The van der Waals surface area contributed by atoms with Gasteiger partial charge in [-0.15, -0.1) is 0 Å². The molecule has 23 heavy (non-hydrogen) atoms. The molecule has 2 heteroatoms. The maximum Gasteiger partial charge on any atom is 0.331 e. The van der Waals surface area contributed by atoms with E-state index < -0.39 is 0 Å². The number of esters is 1. The monoisotopic (exact) mass is 318 g/mol. The molecule has 130 valence electrons. The summed E-state index contributed by atoms with van der Waals surface area (Å²) >= 11 is 0. The molecule has 0 aromatic rings. The second kappa shape index (κ2) is 11.3. The summed E-state index contributed by atoms with van der Waals surface area (Å²) in [6.07, 6.45) is 17.4. The largest absolute Gasteiger partial charge is 0.459 e. The Labute approximate surface area is 142 Å². The first-order chi connectivity index (χ1) is 11.0. The van der Waals surface area contributed by atoms with Crippen LogP contribution >= 0.6 is 0 Å². The SMILES string of the molecule is CC(C)=CCCC(C)CC=CC(C)=CC(=O)OC1CCCCC1. The van der Waals surface area contributed by atoms with Gasteiger partial charge in [0.25, 0.3) is 0 Å². The average Bonchev–Trinajstić information content (AvgIpc) is 2.47. The molecule has 0 amide bonds. The highest BCUT2D eigenvalue weighted by molar-refractivity contribution is 5.83. The van der Waals surface area contributed by atoms with Gasteiger partial charge in [-0.2, -0.15) is 0 Å². The van der Waals surface area contributed by atoms with E-state index in [1.54, 1.807) is 6.08 Å². The Morgan fingerprint density at radius 2 is 1.87 bits per heavy atom. The van der Waals surface area contributed by atoms with Crippen LogP contribution in [0.5, 0.6) is 0 Å². The van der Waals surface area contributed by atoms with Crippen LogP contribution in [0.1, 0.15) is 79.1 Å². The Morgan fingerprint density at radius 3 is 2.52 bits per heavy atom. The fraction of sp³-hybridized carbons (Fsp3) is 0.667. The minimum Gasteiger partial charge on any atom is -0.459 e. The smallest absolute Gasteiger partial charge is 0.331 e. The Hall–Kier alpha value is -1.31. The summed E-state index contributed by atoms with van der Waals surface area (Å²) in [6.45, 7) is 8.53. The van der Waals surface area contributed by atoms with Crippen molar-refractivity contribution in [3.63, 3.8) is 0 Å². The van der Waals surface area contributed by atoms with Crippen LogP contribution in [-0.2, 0) is 9.53 Å². The third-order valence-corrected chi connectivity index (χ3v) is 4.31. The number of ether oxygens (including phenoxy) is 1. The molecule has 1 rings (SSSR count). The van der Waals surface area contributed by atoms with E-state index in [1.807, 2.05) is 13.0 Å². The fourth-order valence-corrected chi connectivity index (χ4v) is 2.88. The normalized spacial score (nSPS) is 18.0. The Bertz CT molecular complexity index is 433. The van der Waals surface area contributed by atoms with Crippen molar-refractivity contribution in [3.8, 4) is 0 Å². The summed E-state index contributed by atoms with van der Waals surface area (Å²) < 4.78 is 5.51. The molecular formula is C21H34O2. The molecular weight excluding hydrogens is 284 g/mol. The fourth-order valence-electron chi connectivity index (χ4n) is 2.88. The molecule has 0 aromatic heterocycles. The summed E-state index contributed by atoms with van der Waals surface area (Å²) in [5.41, 5.74) is 2.37.